The number of hydrogen-bond acceptors (Lipinski definition) is 2. The summed E-state index contributed by atoms with van der Waals surface area (Å²) in [4.78, 5) is 12.1. The SMILES string of the molecule is CC(C)n1c2c(cc(CN)c1=O)CCC2. The van der Waals surface area contributed by atoms with Crippen LogP contribution in [0, 0.1) is 0 Å². The van der Waals surface area contributed by atoms with Gasteiger partial charge in [0, 0.05) is 23.8 Å². The average Bonchev–Trinajstić information content (AvgIpc) is 2.63. The lowest BCUT2D eigenvalue weighted by atomic mass is 10.1. The zero-order valence-corrected chi connectivity index (χ0v) is 9.42. The lowest BCUT2D eigenvalue weighted by Crippen LogP contribution is -2.29. The lowest BCUT2D eigenvalue weighted by Gasteiger charge is -2.17. The second-order valence-electron chi connectivity index (χ2n) is 4.47. The van der Waals surface area contributed by atoms with Crippen LogP contribution >= 0.6 is 0 Å². The number of hydrogen-bond donors (Lipinski definition) is 1. The molecule has 0 aromatic carbocycles. The molecule has 1 aliphatic carbocycles. The van der Waals surface area contributed by atoms with Gasteiger partial charge in [-0.05, 0) is 44.7 Å². The van der Waals surface area contributed by atoms with Crippen molar-refractivity contribution in [2.75, 3.05) is 0 Å². The Kier molecular flexibility index (Phi) is 2.65. The van der Waals surface area contributed by atoms with E-state index >= 15 is 0 Å². The highest BCUT2D eigenvalue weighted by molar-refractivity contribution is 5.30. The third kappa shape index (κ3) is 1.61. The molecule has 2 N–H and O–H groups in total. The molecular weight excluding hydrogens is 188 g/mol. The molecule has 82 valence electrons. The Morgan fingerprint density at radius 1 is 1.47 bits per heavy atom. The molecule has 0 unspecified atom stereocenters. The summed E-state index contributed by atoms with van der Waals surface area (Å²) in [6.07, 6.45) is 3.29. The molecule has 0 spiro atoms. The molecular formula is C12H18N2O. The number of fused-ring (bicyclic) bond motifs is 1. The monoisotopic (exact) mass is 206 g/mol. The Morgan fingerprint density at radius 3 is 2.80 bits per heavy atom. The van der Waals surface area contributed by atoms with E-state index in [0.717, 1.165) is 24.8 Å². The summed E-state index contributed by atoms with van der Waals surface area (Å²) in [6, 6.07) is 2.24. The summed E-state index contributed by atoms with van der Waals surface area (Å²) in [5, 5.41) is 0. The fourth-order valence-corrected chi connectivity index (χ4v) is 2.42. The van der Waals surface area contributed by atoms with Gasteiger partial charge in [-0.15, -0.1) is 0 Å². The van der Waals surface area contributed by atoms with Gasteiger partial charge in [-0.3, -0.25) is 4.79 Å². The number of nitrogens with zero attached hydrogens (tertiary/aromatic N) is 1. The van der Waals surface area contributed by atoms with E-state index in [0.29, 0.717) is 6.54 Å². The van der Waals surface area contributed by atoms with E-state index in [4.69, 9.17) is 5.73 Å². The van der Waals surface area contributed by atoms with Gasteiger partial charge in [-0.2, -0.15) is 0 Å². The summed E-state index contributed by atoms with van der Waals surface area (Å²) in [7, 11) is 0. The first kappa shape index (κ1) is 10.4. The smallest absolute Gasteiger partial charge is 0.255 e. The van der Waals surface area contributed by atoms with Crippen molar-refractivity contribution in [3.8, 4) is 0 Å². The van der Waals surface area contributed by atoms with Gasteiger partial charge in [-0.25, -0.2) is 0 Å². The minimum atomic E-state index is 0.105. The van der Waals surface area contributed by atoms with E-state index in [2.05, 4.69) is 13.8 Å². The first-order valence-electron chi connectivity index (χ1n) is 5.61. The molecule has 1 aromatic heterocycles. The quantitative estimate of drug-likeness (QED) is 0.794. The second-order valence-corrected chi connectivity index (χ2v) is 4.47. The van der Waals surface area contributed by atoms with Gasteiger partial charge in [0.05, 0.1) is 0 Å². The molecule has 1 heterocycles. The number of rotatable bonds is 2. The highest BCUT2D eigenvalue weighted by Gasteiger charge is 2.19. The molecule has 1 aliphatic rings. The topological polar surface area (TPSA) is 48.0 Å². The molecule has 3 nitrogen and oxygen atoms in total. The van der Waals surface area contributed by atoms with Crippen LogP contribution in [0.2, 0.25) is 0 Å². The Hall–Kier alpha value is -1.09. The number of nitrogens with two attached hydrogens (primary N) is 1. The Labute approximate surface area is 89.9 Å². The Balaban J connectivity index is 2.69. The number of aryl methyl sites for hydroxylation is 1. The van der Waals surface area contributed by atoms with Crippen LogP contribution in [-0.2, 0) is 19.4 Å². The van der Waals surface area contributed by atoms with Crippen LogP contribution in [-0.4, -0.2) is 4.57 Å². The van der Waals surface area contributed by atoms with Gasteiger partial charge in [-0.1, -0.05) is 0 Å². The van der Waals surface area contributed by atoms with Crippen LogP contribution in [0.25, 0.3) is 0 Å². The largest absolute Gasteiger partial charge is 0.326 e. The van der Waals surface area contributed by atoms with Crippen molar-refractivity contribution >= 4 is 0 Å². The molecule has 0 radical (unpaired) electrons. The van der Waals surface area contributed by atoms with Gasteiger partial charge >= 0.3 is 0 Å². The maximum absolute atomic E-state index is 12.1. The third-order valence-electron chi connectivity index (χ3n) is 3.10. The molecule has 0 aliphatic heterocycles. The van der Waals surface area contributed by atoms with Crippen LogP contribution in [0.3, 0.4) is 0 Å². The van der Waals surface area contributed by atoms with Crippen molar-refractivity contribution in [3.05, 3.63) is 33.2 Å². The first-order valence-corrected chi connectivity index (χ1v) is 5.61. The zero-order chi connectivity index (χ0) is 11.0. The van der Waals surface area contributed by atoms with Gasteiger partial charge < -0.3 is 10.3 Å². The second kappa shape index (κ2) is 3.81. The molecule has 2 rings (SSSR count). The molecule has 0 saturated carbocycles. The van der Waals surface area contributed by atoms with Gasteiger partial charge in [0.25, 0.3) is 5.56 Å². The van der Waals surface area contributed by atoms with E-state index in [1.54, 1.807) is 0 Å². The van der Waals surface area contributed by atoms with Crippen LogP contribution in [0.1, 0.15) is 43.1 Å². The predicted octanol–water partition coefficient (Wildman–Crippen LogP) is 1.38. The maximum atomic E-state index is 12.1. The van der Waals surface area contributed by atoms with Crippen molar-refractivity contribution < 1.29 is 0 Å². The van der Waals surface area contributed by atoms with Gasteiger partial charge in [0.2, 0.25) is 0 Å². The fourth-order valence-electron chi connectivity index (χ4n) is 2.42. The standard InChI is InChI=1S/C12H18N2O/c1-8(2)14-11-5-3-4-9(11)6-10(7-13)12(14)15/h6,8H,3-5,7,13H2,1-2H3. The summed E-state index contributed by atoms with van der Waals surface area (Å²) in [5.74, 6) is 0. The van der Waals surface area contributed by atoms with E-state index in [9.17, 15) is 4.79 Å². The van der Waals surface area contributed by atoms with Gasteiger partial charge in [0.1, 0.15) is 0 Å². The molecule has 1 aromatic rings. The maximum Gasteiger partial charge on any atom is 0.255 e. The zero-order valence-electron chi connectivity index (χ0n) is 9.42. The normalized spacial score (nSPS) is 14.7. The number of pyridine rings is 1. The first-order chi connectivity index (χ1) is 7.15. The van der Waals surface area contributed by atoms with E-state index in [-0.39, 0.29) is 11.6 Å². The van der Waals surface area contributed by atoms with Crippen molar-refractivity contribution in [2.45, 2.75) is 45.7 Å². The molecule has 3 heteroatoms. The summed E-state index contributed by atoms with van der Waals surface area (Å²) < 4.78 is 1.92. The third-order valence-corrected chi connectivity index (χ3v) is 3.10. The Bertz CT molecular complexity index is 432. The van der Waals surface area contributed by atoms with Crippen LogP contribution in [0.15, 0.2) is 10.9 Å². The predicted molar refractivity (Wildman–Crippen MR) is 61.0 cm³/mol. The molecule has 15 heavy (non-hydrogen) atoms. The molecule has 0 atom stereocenters. The summed E-state index contributed by atoms with van der Waals surface area (Å²) in [6.45, 7) is 4.46. The van der Waals surface area contributed by atoms with Crippen LogP contribution < -0.4 is 11.3 Å². The lowest BCUT2D eigenvalue weighted by molar-refractivity contribution is 0.549. The number of aromatic nitrogens is 1. The summed E-state index contributed by atoms with van der Waals surface area (Å²) >= 11 is 0. The van der Waals surface area contributed by atoms with E-state index in [1.807, 2.05) is 10.6 Å². The minimum Gasteiger partial charge on any atom is -0.326 e. The molecule has 0 saturated heterocycles. The van der Waals surface area contributed by atoms with Crippen molar-refractivity contribution in [2.24, 2.45) is 5.73 Å². The molecule has 0 fully saturated rings. The average molecular weight is 206 g/mol. The summed E-state index contributed by atoms with van der Waals surface area (Å²) in [5.41, 5.74) is 9.01. The highest BCUT2D eigenvalue weighted by atomic mass is 16.1. The van der Waals surface area contributed by atoms with Crippen LogP contribution in [0.4, 0.5) is 0 Å². The van der Waals surface area contributed by atoms with Crippen molar-refractivity contribution in [1.29, 1.82) is 0 Å². The molecule has 0 bridgehead atoms. The molecule has 0 amide bonds. The van der Waals surface area contributed by atoms with Crippen molar-refractivity contribution in [3.63, 3.8) is 0 Å². The Morgan fingerprint density at radius 2 is 2.20 bits per heavy atom. The van der Waals surface area contributed by atoms with E-state index in [1.165, 1.54) is 11.3 Å². The fraction of sp³-hybridized carbons (Fsp3) is 0.583. The minimum absolute atomic E-state index is 0.105. The van der Waals surface area contributed by atoms with Crippen LogP contribution in [0.5, 0.6) is 0 Å². The van der Waals surface area contributed by atoms with E-state index < -0.39 is 0 Å². The van der Waals surface area contributed by atoms with Gasteiger partial charge in [0.15, 0.2) is 0 Å². The highest BCUT2D eigenvalue weighted by Crippen LogP contribution is 2.23. The van der Waals surface area contributed by atoms with Crippen molar-refractivity contribution in [1.82, 2.24) is 4.57 Å².